The van der Waals surface area contributed by atoms with Crippen LogP contribution in [0.3, 0.4) is 0 Å². The first-order valence-electron chi connectivity index (χ1n) is 6.55. The summed E-state index contributed by atoms with van der Waals surface area (Å²) in [6, 6.07) is 2.76. The molecule has 2 rings (SSSR count). The van der Waals surface area contributed by atoms with Gasteiger partial charge in [-0.05, 0) is 44.4 Å². The highest BCUT2D eigenvalue weighted by atomic mass is 16.5. The van der Waals surface area contributed by atoms with E-state index in [1.54, 1.807) is 0 Å². The van der Waals surface area contributed by atoms with Gasteiger partial charge in [-0.15, -0.1) is 0 Å². The largest absolute Gasteiger partial charge is 0.375 e. The van der Waals surface area contributed by atoms with E-state index in [0.717, 1.165) is 5.92 Å². The van der Waals surface area contributed by atoms with Gasteiger partial charge in [0.1, 0.15) is 6.04 Å². The Kier molecular flexibility index (Phi) is 4.20. The van der Waals surface area contributed by atoms with Crippen LogP contribution in [-0.4, -0.2) is 24.8 Å². The van der Waals surface area contributed by atoms with E-state index in [2.05, 4.69) is 18.3 Å². The second-order valence-corrected chi connectivity index (χ2v) is 5.34. The van der Waals surface area contributed by atoms with Crippen LogP contribution in [0.5, 0.6) is 0 Å². The third-order valence-electron chi connectivity index (χ3n) is 3.63. The average Bonchev–Trinajstić information content (AvgIpc) is 3.10. The van der Waals surface area contributed by atoms with Gasteiger partial charge in [0.2, 0.25) is 0 Å². The smallest absolute Gasteiger partial charge is 0.119 e. The van der Waals surface area contributed by atoms with Crippen molar-refractivity contribution in [3.05, 3.63) is 0 Å². The molecule has 0 aromatic heterocycles. The highest BCUT2D eigenvalue weighted by molar-refractivity contribution is 4.95. The van der Waals surface area contributed by atoms with E-state index in [1.807, 2.05) is 0 Å². The van der Waals surface area contributed by atoms with Gasteiger partial charge in [0.15, 0.2) is 0 Å². The van der Waals surface area contributed by atoms with Crippen molar-refractivity contribution >= 4 is 0 Å². The first kappa shape index (κ1) is 11.9. The third kappa shape index (κ3) is 3.77. The number of nitrogens with zero attached hydrogens (tertiary/aromatic N) is 1. The van der Waals surface area contributed by atoms with E-state index in [4.69, 9.17) is 10.00 Å². The van der Waals surface area contributed by atoms with Crippen molar-refractivity contribution in [2.24, 2.45) is 5.92 Å². The van der Waals surface area contributed by atoms with Crippen LogP contribution in [-0.2, 0) is 4.74 Å². The first-order chi connectivity index (χ1) is 7.78. The van der Waals surface area contributed by atoms with E-state index < -0.39 is 0 Å². The minimum atomic E-state index is -0.105. The van der Waals surface area contributed by atoms with Crippen LogP contribution in [0.4, 0.5) is 0 Å². The number of nitrogens with one attached hydrogen (secondary N) is 1. The molecular weight excluding hydrogens is 200 g/mol. The molecule has 2 saturated carbocycles. The van der Waals surface area contributed by atoms with Gasteiger partial charge < -0.3 is 4.74 Å². The molecule has 1 atom stereocenters. The highest BCUT2D eigenvalue weighted by Gasteiger charge is 2.25. The van der Waals surface area contributed by atoms with Gasteiger partial charge in [0.25, 0.3) is 0 Å². The Morgan fingerprint density at radius 3 is 2.50 bits per heavy atom. The normalized spacial score (nSPS) is 32.0. The molecule has 0 aromatic rings. The topological polar surface area (TPSA) is 45.0 Å². The van der Waals surface area contributed by atoms with Crippen molar-refractivity contribution in [2.45, 2.75) is 63.6 Å². The molecule has 3 heteroatoms. The quantitative estimate of drug-likeness (QED) is 0.775. The van der Waals surface area contributed by atoms with Gasteiger partial charge in [-0.1, -0.05) is 6.92 Å². The van der Waals surface area contributed by atoms with Gasteiger partial charge in [0.05, 0.1) is 18.8 Å². The maximum absolute atomic E-state index is 8.98. The molecule has 0 heterocycles. The first-order valence-corrected chi connectivity index (χ1v) is 6.55. The zero-order valence-corrected chi connectivity index (χ0v) is 10.1. The molecule has 0 radical (unpaired) electrons. The molecule has 0 amide bonds. The molecule has 2 aliphatic rings. The fourth-order valence-electron chi connectivity index (χ4n) is 2.29. The van der Waals surface area contributed by atoms with Gasteiger partial charge in [-0.25, -0.2) is 0 Å². The molecule has 90 valence electrons. The fraction of sp³-hybridized carbons (Fsp3) is 0.923. The summed E-state index contributed by atoms with van der Waals surface area (Å²) in [5, 5.41) is 12.3. The lowest BCUT2D eigenvalue weighted by Gasteiger charge is -2.27. The molecule has 1 N–H and O–H groups in total. The van der Waals surface area contributed by atoms with Crippen molar-refractivity contribution in [1.82, 2.24) is 5.32 Å². The fourth-order valence-corrected chi connectivity index (χ4v) is 2.29. The number of hydrogen-bond donors (Lipinski definition) is 1. The van der Waals surface area contributed by atoms with Crippen LogP contribution in [0.2, 0.25) is 0 Å². The van der Waals surface area contributed by atoms with Gasteiger partial charge >= 0.3 is 0 Å². The predicted octanol–water partition coefficient (Wildman–Crippen LogP) is 2.23. The number of nitriles is 1. The highest BCUT2D eigenvalue weighted by Crippen LogP contribution is 2.25. The standard InChI is InChI=1S/C13H22N2O/c1-10-2-6-13(7-3-10)16-9-12(8-14)15-11-4-5-11/h10-13,15H,2-7,9H2,1H3. The Hall–Kier alpha value is -0.590. The van der Waals surface area contributed by atoms with Crippen molar-refractivity contribution in [3.63, 3.8) is 0 Å². The second kappa shape index (κ2) is 5.65. The van der Waals surface area contributed by atoms with E-state index in [1.165, 1.54) is 38.5 Å². The van der Waals surface area contributed by atoms with Crippen LogP contribution in [0.1, 0.15) is 45.4 Å². The second-order valence-electron chi connectivity index (χ2n) is 5.34. The van der Waals surface area contributed by atoms with Crippen molar-refractivity contribution in [3.8, 4) is 6.07 Å². The molecule has 16 heavy (non-hydrogen) atoms. The zero-order valence-electron chi connectivity index (χ0n) is 10.1. The lowest BCUT2D eigenvalue weighted by molar-refractivity contribution is 0.0143. The molecule has 0 bridgehead atoms. The van der Waals surface area contributed by atoms with Gasteiger partial charge in [-0.2, -0.15) is 5.26 Å². The predicted molar refractivity (Wildman–Crippen MR) is 62.9 cm³/mol. The van der Waals surface area contributed by atoms with Crippen LogP contribution >= 0.6 is 0 Å². The average molecular weight is 222 g/mol. The number of rotatable bonds is 5. The number of ether oxygens (including phenoxy) is 1. The van der Waals surface area contributed by atoms with E-state index in [-0.39, 0.29) is 6.04 Å². The zero-order chi connectivity index (χ0) is 11.4. The van der Waals surface area contributed by atoms with E-state index >= 15 is 0 Å². The Morgan fingerprint density at radius 1 is 1.25 bits per heavy atom. The summed E-state index contributed by atoms with van der Waals surface area (Å²) in [4.78, 5) is 0. The van der Waals surface area contributed by atoms with E-state index in [9.17, 15) is 0 Å². The summed E-state index contributed by atoms with van der Waals surface area (Å²) >= 11 is 0. The van der Waals surface area contributed by atoms with Crippen molar-refractivity contribution in [2.75, 3.05) is 6.61 Å². The molecular formula is C13H22N2O. The Balaban J connectivity index is 1.63. The SMILES string of the molecule is CC1CCC(OCC(C#N)NC2CC2)CC1. The Morgan fingerprint density at radius 2 is 1.94 bits per heavy atom. The molecule has 0 saturated heterocycles. The summed E-state index contributed by atoms with van der Waals surface area (Å²) in [6.45, 7) is 2.87. The van der Waals surface area contributed by atoms with Crippen molar-refractivity contribution in [1.29, 1.82) is 5.26 Å². The summed E-state index contributed by atoms with van der Waals surface area (Å²) in [5.74, 6) is 0.858. The van der Waals surface area contributed by atoms with Crippen LogP contribution in [0.15, 0.2) is 0 Å². The van der Waals surface area contributed by atoms with Gasteiger partial charge in [0, 0.05) is 6.04 Å². The lowest BCUT2D eigenvalue weighted by Crippen LogP contribution is -2.35. The summed E-state index contributed by atoms with van der Waals surface area (Å²) in [7, 11) is 0. The molecule has 0 aromatic carbocycles. The molecule has 1 unspecified atom stereocenters. The molecule has 2 aliphatic carbocycles. The van der Waals surface area contributed by atoms with Crippen LogP contribution < -0.4 is 5.32 Å². The summed E-state index contributed by atoms with van der Waals surface area (Å²) in [6.07, 6.45) is 7.73. The number of hydrogen-bond acceptors (Lipinski definition) is 3. The van der Waals surface area contributed by atoms with Crippen LogP contribution in [0, 0.1) is 17.2 Å². The summed E-state index contributed by atoms with van der Waals surface area (Å²) in [5.41, 5.74) is 0. The monoisotopic (exact) mass is 222 g/mol. The summed E-state index contributed by atoms with van der Waals surface area (Å²) < 4.78 is 5.83. The minimum Gasteiger partial charge on any atom is -0.375 e. The molecule has 0 spiro atoms. The van der Waals surface area contributed by atoms with E-state index in [0.29, 0.717) is 18.8 Å². The minimum absolute atomic E-state index is 0.105. The third-order valence-corrected chi connectivity index (χ3v) is 3.63. The molecule has 3 nitrogen and oxygen atoms in total. The Bertz CT molecular complexity index is 249. The molecule has 2 fully saturated rings. The van der Waals surface area contributed by atoms with Crippen LogP contribution in [0.25, 0.3) is 0 Å². The molecule has 0 aliphatic heterocycles. The maximum atomic E-state index is 8.98. The maximum Gasteiger partial charge on any atom is 0.119 e. The van der Waals surface area contributed by atoms with Crippen molar-refractivity contribution < 1.29 is 4.74 Å². The van der Waals surface area contributed by atoms with Gasteiger partial charge in [-0.3, -0.25) is 5.32 Å². The Labute approximate surface area is 98.2 Å². The lowest BCUT2D eigenvalue weighted by atomic mass is 9.89.